The Morgan fingerprint density at radius 3 is 1.75 bits per heavy atom. The van der Waals surface area contributed by atoms with E-state index < -0.39 is 0 Å². The minimum Gasteiger partial charge on any atom is -0.0654 e. The predicted molar refractivity (Wildman–Crippen MR) is 164 cm³/mol. The molecule has 0 spiro atoms. The molecule has 1 nitrogen and oxygen atoms in total. The van der Waals surface area contributed by atoms with Crippen LogP contribution in [-0.2, 0) is 16.6 Å². The Morgan fingerprint density at radius 2 is 1.22 bits per heavy atom. The maximum atomic E-state index is 13.5. The second-order valence-electron chi connectivity index (χ2n) is 12.2. The van der Waals surface area contributed by atoms with Gasteiger partial charge in [0.05, 0.1) is 0 Å². The van der Waals surface area contributed by atoms with Crippen LogP contribution in [0, 0.1) is 0 Å². The van der Waals surface area contributed by atoms with E-state index in [1.54, 1.807) is 0 Å². The van der Waals surface area contributed by atoms with E-state index in [9.17, 15) is 4.79 Å². The van der Waals surface area contributed by atoms with Gasteiger partial charge in [0, 0.05) is 0 Å². The molecule has 1 heterocycles. The van der Waals surface area contributed by atoms with Crippen molar-refractivity contribution in [1.29, 1.82) is 0 Å². The Labute approximate surface area is 227 Å². The molecule has 1 radical (unpaired) electrons. The number of hydrogen-bond acceptors (Lipinski definition) is 1. The van der Waals surface area contributed by atoms with Crippen molar-refractivity contribution in [2.75, 3.05) is 0 Å². The van der Waals surface area contributed by atoms with Gasteiger partial charge in [-0.1, -0.05) is 13.8 Å². The monoisotopic (exact) mass is 493 g/mol. The summed E-state index contributed by atoms with van der Waals surface area (Å²) < 4.78 is 0. The SMILES string of the molecule is CCCCCCC(C)([B]C(=O)Cc1ccbcc1C(C)(CCCC)CCCCCC)CCCCCC. The summed E-state index contributed by atoms with van der Waals surface area (Å²) in [5, 5.41) is 0.0408. The first-order valence-corrected chi connectivity index (χ1v) is 15.8. The molecule has 0 fully saturated rings. The molecular weight excluding hydrogens is 434 g/mol. The molecule has 1 aromatic rings. The first-order valence-electron chi connectivity index (χ1n) is 15.8. The number of rotatable bonds is 23. The zero-order valence-electron chi connectivity index (χ0n) is 25.2. The van der Waals surface area contributed by atoms with E-state index >= 15 is 0 Å². The number of carbonyl (C=O) groups is 1. The molecule has 0 aliphatic rings. The zero-order valence-corrected chi connectivity index (χ0v) is 25.2. The van der Waals surface area contributed by atoms with E-state index in [0.29, 0.717) is 12.1 Å². The average molecular weight is 493 g/mol. The third-order valence-electron chi connectivity index (χ3n) is 8.41. The first kappa shape index (κ1) is 33.2. The summed E-state index contributed by atoms with van der Waals surface area (Å²) in [6.45, 7) is 16.1. The van der Waals surface area contributed by atoms with Crippen molar-refractivity contribution in [2.45, 2.75) is 174 Å². The minimum absolute atomic E-state index is 0.0408. The Morgan fingerprint density at radius 1 is 0.722 bits per heavy atom. The van der Waals surface area contributed by atoms with Crippen LogP contribution in [0.2, 0.25) is 5.31 Å². The van der Waals surface area contributed by atoms with Crippen molar-refractivity contribution in [1.82, 2.24) is 0 Å². The van der Waals surface area contributed by atoms with Gasteiger partial charge in [-0.15, -0.1) is 0 Å². The third-order valence-corrected chi connectivity index (χ3v) is 8.41. The first-order chi connectivity index (χ1) is 17.3. The van der Waals surface area contributed by atoms with Gasteiger partial charge in [-0.05, 0) is 0 Å². The Hall–Kier alpha value is -0.850. The van der Waals surface area contributed by atoms with E-state index in [1.165, 1.54) is 114 Å². The van der Waals surface area contributed by atoms with Gasteiger partial charge in [0.1, 0.15) is 0 Å². The molecule has 36 heavy (non-hydrogen) atoms. The van der Waals surface area contributed by atoms with Gasteiger partial charge in [0.15, 0.2) is 0 Å². The summed E-state index contributed by atoms with van der Waals surface area (Å²) in [5.74, 6) is 4.46. The second kappa shape index (κ2) is 19.3. The fraction of sp³-hybridized carbons (Fsp3) is 0.818. The van der Waals surface area contributed by atoms with Crippen LogP contribution in [0.3, 0.4) is 0 Å². The van der Waals surface area contributed by atoms with E-state index in [-0.39, 0.29) is 10.7 Å². The van der Waals surface area contributed by atoms with Crippen LogP contribution in [0.4, 0.5) is 0 Å². The van der Waals surface area contributed by atoms with Gasteiger partial charge >= 0.3 is 214 Å². The molecule has 1 unspecified atom stereocenters. The quantitative estimate of drug-likeness (QED) is 0.109. The summed E-state index contributed by atoms with van der Waals surface area (Å²) in [4.78, 5) is 13.5. The molecule has 0 saturated carbocycles. The predicted octanol–water partition coefficient (Wildman–Crippen LogP) is 10.3. The number of hydrogen-bond donors (Lipinski definition) is 0. The smallest absolute Gasteiger partial charge is 0.0654 e. The average Bonchev–Trinajstić information content (AvgIpc) is 2.86. The van der Waals surface area contributed by atoms with Crippen LogP contribution >= 0.6 is 0 Å². The molecule has 1 atom stereocenters. The molecule has 0 aliphatic carbocycles. The molecule has 1 aromatic heterocycles. The maximum absolute atomic E-state index is 13.5. The van der Waals surface area contributed by atoms with Crippen LogP contribution in [0.5, 0.6) is 0 Å². The molecule has 0 aliphatic heterocycles. The van der Waals surface area contributed by atoms with Crippen LogP contribution in [0.15, 0.2) is 18.0 Å². The van der Waals surface area contributed by atoms with Crippen molar-refractivity contribution in [3.63, 3.8) is 0 Å². The van der Waals surface area contributed by atoms with Crippen LogP contribution in [0.1, 0.15) is 168 Å². The van der Waals surface area contributed by atoms with E-state index in [4.69, 9.17) is 0 Å². The summed E-state index contributed by atoms with van der Waals surface area (Å²) in [5.41, 5.74) is 3.21. The van der Waals surface area contributed by atoms with Gasteiger partial charge in [0.25, 0.3) is 0 Å². The molecule has 0 aromatic carbocycles. The summed E-state index contributed by atoms with van der Waals surface area (Å²) in [6, 6.07) is 2.23. The summed E-state index contributed by atoms with van der Waals surface area (Å²) in [6.07, 6.45) is 23.2. The van der Waals surface area contributed by atoms with E-state index in [2.05, 4.69) is 73.7 Å². The van der Waals surface area contributed by atoms with Gasteiger partial charge in [-0.2, -0.15) is 0 Å². The normalized spacial score (nSPS) is 13.4. The topological polar surface area (TPSA) is 17.1 Å². The number of unbranched alkanes of at least 4 members (excludes halogenated alkanes) is 10. The fourth-order valence-electron chi connectivity index (χ4n) is 5.97. The standard InChI is InChI=1S/C33H59B2O/c1-7-11-15-18-23-32(5,22-14-10-4)30-28-34-26-21-29(30)27-31(36)35-33(6,24-19-16-12-8-2)25-20-17-13-9-3/h21,26,28H,7-20,22-25,27H2,1-6H3. The van der Waals surface area contributed by atoms with Crippen LogP contribution in [0.25, 0.3) is 0 Å². The molecule has 0 amide bonds. The van der Waals surface area contributed by atoms with Gasteiger partial charge in [-0.25, -0.2) is 0 Å². The molecular formula is C33H59B2O. The molecule has 203 valence electrons. The Kier molecular flexibility index (Phi) is 17.7. The second-order valence-corrected chi connectivity index (χ2v) is 12.2. The van der Waals surface area contributed by atoms with Crippen molar-refractivity contribution in [3.8, 4) is 0 Å². The molecule has 1 rings (SSSR count). The molecule has 3 heteroatoms. The third kappa shape index (κ3) is 13.1. The van der Waals surface area contributed by atoms with Crippen molar-refractivity contribution in [3.05, 3.63) is 29.1 Å². The summed E-state index contributed by atoms with van der Waals surface area (Å²) >= 11 is 0. The van der Waals surface area contributed by atoms with Gasteiger partial charge in [0.2, 0.25) is 0 Å². The summed E-state index contributed by atoms with van der Waals surface area (Å²) in [7, 11) is 2.15. The van der Waals surface area contributed by atoms with Crippen LogP contribution in [-0.4, -0.2) is 19.9 Å². The fourth-order valence-corrected chi connectivity index (χ4v) is 5.97. The van der Waals surface area contributed by atoms with Crippen LogP contribution < -0.4 is 0 Å². The van der Waals surface area contributed by atoms with Crippen molar-refractivity contribution < 1.29 is 4.79 Å². The molecule has 0 saturated heterocycles. The van der Waals surface area contributed by atoms with Crippen molar-refractivity contribution >= 4 is 19.9 Å². The molecule has 0 N–H and O–H groups in total. The van der Waals surface area contributed by atoms with E-state index in [1.807, 2.05) is 0 Å². The Balaban J connectivity index is 2.98. The van der Waals surface area contributed by atoms with Gasteiger partial charge in [-0.3, -0.25) is 0 Å². The van der Waals surface area contributed by atoms with E-state index in [0.717, 1.165) is 12.8 Å². The zero-order chi connectivity index (χ0) is 26.7. The molecule has 0 bridgehead atoms. The van der Waals surface area contributed by atoms with Gasteiger partial charge < -0.3 is 0 Å². The Bertz CT molecular complexity index is 689. The number of carbonyl (C=O) groups excluding carboxylic acids is 1. The minimum atomic E-state index is 0.0408. The van der Waals surface area contributed by atoms with Crippen molar-refractivity contribution in [2.24, 2.45) is 0 Å².